The Kier molecular flexibility index (Phi) is 3.33. The molecule has 1 aromatic carbocycles. The zero-order valence-electron chi connectivity index (χ0n) is 10.6. The van der Waals surface area contributed by atoms with Crippen LogP contribution in [0.2, 0.25) is 0 Å². The first-order chi connectivity index (χ1) is 9.83. The molecule has 2 aromatic heterocycles. The lowest BCUT2D eigenvalue weighted by Crippen LogP contribution is -2.03. The van der Waals surface area contributed by atoms with E-state index in [1.165, 1.54) is 0 Å². The van der Waals surface area contributed by atoms with Crippen molar-refractivity contribution in [1.82, 2.24) is 15.1 Å². The minimum Gasteiger partial charge on any atom is -0.338 e. The van der Waals surface area contributed by atoms with Gasteiger partial charge < -0.3 is 4.52 Å². The maximum absolute atomic E-state index is 12.0. The maximum Gasteiger partial charge on any atom is 0.234 e. The highest BCUT2D eigenvalue weighted by atomic mass is 16.5. The van der Waals surface area contributed by atoms with Crippen LogP contribution < -0.4 is 0 Å². The number of benzene rings is 1. The van der Waals surface area contributed by atoms with Crippen LogP contribution in [0.5, 0.6) is 0 Å². The summed E-state index contributed by atoms with van der Waals surface area (Å²) in [5, 5.41) is 3.85. The van der Waals surface area contributed by atoms with Gasteiger partial charge in [0.05, 0.1) is 6.42 Å². The zero-order chi connectivity index (χ0) is 13.8. The molecule has 0 aliphatic carbocycles. The monoisotopic (exact) mass is 265 g/mol. The smallest absolute Gasteiger partial charge is 0.234 e. The Morgan fingerprint density at radius 1 is 1.10 bits per heavy atom. The molecular weight excluding hydrogens is 254 g/mol. The van der Waals surface area contributed by atoms with E-state index in [-0.39, 0.29) is 12.2 Å². The number of hydrogen-bond donors (Lipinski definition) is 0. The number of carbonyl (C=O) groups excluding carboxylic acids is 1. The summed E-state index contributed by atoms with van der Waals surface area (Å²) in [7, 11) is 0. The number of Topliss-reactive ketones (excluding diaryl/α,β-unsaturated/α-hetero) is 1. The molecule has 3 rings (SSSR count). The molecule has 0 aliphatic rings. The third kappa shape index (κ3) is 2.61. The van der Waals surface area contributed by atoms with Gasteiger partial charge in [0.1, 0.15) is 0 Å². The molecule has 98 valence electrons. The summed E-state index contributed by atoms with van der Waals surface area (Å²) < 4.78 is 5.10. The van der Waals surface area contributed by atoms with E-state index >= 15 is 0 Å². The van der Waals surface area contributed by atoms with Gasteiger partial charge in [0.25, 0.3) is 0 Å². The van der Waals surface area contributed by atoms with Crippen molar-refractivity contribution in [3.05, 3.63) is 66.3 Å². The van der Waals surface area contributed by atoms with Gasteiger partial charge in [0.15, 0.2) is 5.78 Å². The molecule has 0 spiro atoms. The van der Waals surface area contributed by atoms with E-state index in [2.05, 4.69) is 15.1 Å². The summed E-state index contributed by atoms with van der Waals surface area (Å²) in [6.07, 6.45) is 3.41. The van der Waals surface area contributed by atoms with E-state index < -0.39 is 0 Å². The number of ketones is 1. The molecule has 0 saturated heterocycles. The Bertz CT molecular complexity index is 708. The molecule has 2 heterocycles. The molecule has 0 radical (unpaired) electrons. The second-order valence-electron chi connectivity index (χ2n) is 4.22. The Morgan fingerprint density at radius 3 is 2.70 bits per heavy atom. The van der Waals surface area contributed by atoms with Crippen molar-refractivity contribution in [3.8, 4) is 11.4 Å². The average Bonchev–Trinajstić information content (AvgIpc) is 2.97. The van der Waals surface area contributed by atoms with Crippen molar-refractivity contribution in [1.29, 1.82) is 0 Å². The van der Waals surface area contributed by atoms with Crippen molar-refractivity contribution in [2.24, 2.45) is 0 Å². The van der Waals surface area contributed by atoms with Gasteiger partial charge in [0, 0.05) is 23.5 Å². The summed E-state index contributed by atoms with van der Waals surface area (Å²) in [5.41, 5.74) is 1.39. The van der Waals surface area contributed by atoms with Crippen molar-refractivity contribution < 1.29 is 9.32 Å². The summed E-state index contributed by atoms with van der Waals surface area (Å²) in [5.74, 6) is 0.693. The topological polar surface area (TPSA) is 68.9 Å². The lowest BCUT2D eigenvalue weighted by atomic mass is 10.1. The van der Waals surface area contributed by atoms with Crippen molar-refractivity contribution in [2.75, 3.05) is 0 Å². The molecule has 5 heteroatoms. The third-order valence-corrected chi connectivity index (χ3v) is 2.80. The Hall–Kier alpha value is -2.82. The van der Waals surface area contributed by atoms with Crippen LogP contribution in [0.25, 0.3) is 11.4 Å². The quantitative estimate of drug-likeness (QED) is 0.678. The van der Waals surface area contributed by atoms with Crippen LogP contribution in [0, 0.1) is 0 Å². The first-order valence-corrected chi connectivity index (χ1v) is 6.14. The van der Waals surface area contributed by atoms with Crippen LogP contribution in [0.3, 0.4) is 0 Å². The summed E-state index contributed by atoms with van der Waals surface area (Å²) in [6.45, 7) is 0. The second kappa shape index (κ2) is 5.44. The predicted molar refractivity (Wildman–Crippen MR) is 72.0 cm³/mol. The van der Waals surface area contributed by atoms with Gasteiger partial charge in [-0.15, -0.1) is 0 Å². The Morgan fingerprint density at radius 2 is 1.95 bits per heavy atom. The second-order valence-corrected chi connectivity index (χ2v) is 4.22. The normalized spacial score (nSPS) is 10.4. The fourth-order valence-corrected chi connectivity index (χ4v) is 1.80. The van der Waals surface area contributed by atoms with Crippen LogP contribution in [-0.2, 0) is 6.42 Å². The molecule has 0 unspecified atom stereocenters. The van der Waals surface area contributed by atoms with E-state index in [9.17, 15) is 4.79 Å². The van der Waals surface area contributed by atoms with Crippen molar-refractivity contribution in [2.45, 2.75) is 6.42 Å². The number of pyridine rings is 1. The zero-order valence-corrected chi connectivity index (χ0v) is 10.6. The van der Waals surface area contributed by atoms with E-state index in [0.29, 0.717) is 17.3 Å². The maximum atomic E-state index is 12.0. The minimum atomic E-state index is -0.0491. The number of nitrogens with zero attached hydrogens (tertiary/aromatic N) is 3. The minimum absolute atomic E-state index is 0.0491. The molecular formula is C15H11N3O2. The van der Waals surface area contributed by atoms with Crippen LogP contribution in [-0.4, -0.2) is 20.9 Å². The Labute approximate surface area is 115 Å². The van der Waals surface area contributed by atoms with E-state index in [0.717, 1.165) is 5.56 Å². The summed E-state index contributed by atoms with van der Waals surface area (Å²) >= 11 is 0. The molecule has 0 aliphatic heterocycles. The first-order valence-electron chi connectivity index (χ1n) is 6.14. The van der Waals surface area contributed by atoms with Crippen LogP contribution in [0.1, 0.15) is 16.2 Å². The number of carbonyl (C=O) groups is 1. The highest BCUT2D eigenvalue weighted by molar-refractivity contribution is 5.96. The summed E-state index contributed by atoms with van der Waals surface area (Å²) in [4.78, 5) is 20.2. The molecule has 20 heavy (non-hydrogen) atoms. The molecule has 5 nitrogen and oxygen atoms in total. The Balaban J connectivity index is 1.77. The highest BCUT2D eigenvalue weighted by Crippen LogP contribution is 2.14. The fraction of sp³-hybridized carbons (Fsp3) is 0.0667. The summed E-state index contributed by atoms with van der Waals surface area (Å²) in [6, 6.07) is 12.7. The van der Waals surface area contributed by atoms with Crippen molar-refractivity contribution >= 4 is 5.78 Å². The van der Waals surface area contributed by atoms with E-state index in [4.69, 9.17) is 4.52 Å². The molecule has 0 atom stereocenters. The van der Waals surface area contributed by atoms with Crippen LogP contribution in [0.15, 0.2) is 59.4 Å². The van der Waals surface area contributed by atoms with Gasteiger partial charge in [-0.25, -0.2) is 0 Å². The standard InChI is InChI=1S/C15H11N3O2/c19-13(11-5-2-1-3-6-11)9-14-17-15(18-20-14)12-7-4-8-16-10-12/h1-8,10H,9H2. The number of aromatic nitrogens is 3. The van der Waals surface area contributed by atoms with Gasteiger partial charge in [0.2, 0.25) is 11.7 Å². The SMILES string of the molecule is O=C(Cc1nc(-c2cccnc2)no1)c1ccccc1. The first kappa shape index (κ1) is 12.2. The van der Waals surface area contributed by atoms with Gasteiger partial charge in [-0.05, 0) is 12.1 Å². The van der Waals surface area contributed by atoms with Gasteiger partial charge in [-0.2, -0.15) is 4.98 Å². The third-order valence-electron chi connectivity index (χ3n) is 2.80. The van der Waals surface area contributed by atoms with Gasteiger partial charge in [-0.3, -0.25) is 9.78 Å². The average molecular weight is 265 g/mol. The number of hydrogen-bond acceptors (Lipinski definition) is 5. The largest absolute Gasteiger partial charge is 0.338 e. The van der Waals surface area contributed by atoms with Crippen molar-refractivity contribution in [3.63, 3.8) is 0 Å². The van der Waals surface area contributed by atoms with E-state index in [1.54, 1.807) is 30.6 Å². The highest BCUT2D eigenvalue weighted by Gasteiger charge is 2.13. The molecule has 0 fully saturated rings. The molecule has 3 aromatic rings. The van der Waals surface area contributed by atoms with Crippen LogP contribution in [0.4, 0.5) is 0 Å². The van der Waals surface area contributed by atoms with E-state index in [1.807, 2.05) is 24.3 Å². The number of rotatable bonds is 4. The molecule has 0 saturated carbocycles. The molecule has 0 bridgehead atoms. The van der Waals surface area contributed by atoms with Gasteiger partial charge >= 0.3 is 0 Å². The lowest BCUT2D eigenvalue weighted by Gasteiger charge is -1.96. The molecule has 0 N–H and O–H groups in total. The molecule has 0 amide bonds. The van der Waals surface area contributed by atoms with Gasteiger partial charge in [-0.1, -0.05) is 35.5 Å². The predicted octanol–water partition coefficient (Wildman–Crippen LogP) is 2.56. The lowest BCUT2D eigenvalue weighted by molar-refractivity contribution is 0.0983. The van der Waals surface area contributed by atoms with Crippen LogP contribution >= 0.6 is 0 Å². The fourth-order valence-electron chi connectivity index (χ4n) is 1.80.